The Labute approximate surface area is 342 Å². The van der Waals surface area contributed by atoms with Crippen LogP contribution in [0, 0.1) is 11.3 Å². The van der Waals surface area contributed by atoms with Gasteiger partial charge in [0.05, 0.1) is 33.3 Å². The Morgan fingerprint density at radius 2 is 0.949 bits per heavy atom. The highest BCUT2D eigenvalue weighted by Gasteiger charge is 2.27. The Balaban J connectivity index is 1.20. The molecule has 4 heterocycles. The van der Waals surface area contributed by atoms with Crippen LogP contribution in [0.3, 0.4) is 0 Å². The van der Waals surface area contributed by atoms with Gasteiger partial charge in [-0.15, -0.1) is 11.3 Å². The molecule has 59 heavy (non-hydrogen) atoms. The molecule has 0 N–H and O–H groups in total. The quantitative estimate of drug-likeness (QED) is 0.175. The number of hydrogen-bond donors (Lipinski definition) is 0. The van der Waals surface area contributed by atoms with Gasteiger partial charge in [0, 0.05) is 64.1 Å². The Morgan fingerprint density at radius 3 is 1.59 bits per heavy atom. The van der Waals surface area contributed by atoms with Gasteiger partial charge in [0.15, 0.2) is 17.5 Å². The molecular formula is C52H30N6S. The molecule has 0 spiro atoms. The molecule has 12 aromatic rings. The smallest absolute Gasteiger partial charge is 0.164 e. The van der Waals surface area contributed by atoms with Gasteiger partial charge < -0.3 is 9.13 Å². The standard InChI is InChI=1S/C52H30N6S/c53-31-35-30-34(52-55-50(32-16-4-1-5-17-32)54-51(56-52)33-18-6-2-7-19-33)28-29-40(35)58-42-26-14-11-23-38(42)46-48(58)47-44(45-39-24-12-15-27-43(39)59-49(45)46)37-22-10-13-25-41(37)57(47)36-20-8-3-9-21-36/h1-30H. The van der Waals surface area contributed by atoms with E-state index in [0.717, 1.165) is 55.5 Å². The van der Waals surface area contributed by atoms with Gasteiger partial charge in [0.25, 0.3) is 0 Å². The number of nitriles is 1. The zero-order valence-electron chi connectivity index (χ0n) is 31.4. The third-order valence-electron chi connectivity index (χ3n) is 11.4. The van der Waals surface area contributed by atoms with Crippen molar-refractivity contribution in [3.63, 3.8) is 0 Å². The maximum atomic E-state index is 11.1. The minimum absolute atomic E-state index is 0.501. The first kappa shape index (κ1) is 33.2. The fourth-order valence-electron chi connectivity index (χ4n) is 8.87. The summed E-state index contributed by atoms with van der Waals surface area (Å²) in [5.74, 6) is 1.65. The second kappa shape index (κ2) is 13.1. The second-order valence-corrected chi connectivity index (χ2v) is 15.7. The lowest BCUT2D eigenvalue weighted by molar-refractivity contribution is 1.07. The van der Waals surface area contributed by atoms with Gasteiger partial charge in [-0.25, -0.2) is 15.0 Å². The number of nitrogens with zero attached hydrogens (tertiary/aromatic N) is 6. The number of aromatic nitrogens is 5. The van der Waals surface area contributed by atoms with Crippen LogP contribution in [-0.4, -0.2) is 24.1 Å². The molecule has 0 radical (unpaired) electrons. The van der Waals surface area contributed by atoms with E-state index in [1.807, 2.05) is 84.1 Å². The summed E-state index contributed by atoms with van der Waals surface area (Å²) in [6.45, 7) is 0. The van der Waals surface area contributed by atoms with Crippen molar-refractivity contribution < 1.29 is 0 Å². The third-order valence-corrected chi connectivity index (χ3v) is 12.6. The topological polar surface area (TPSA) is 72.3 Å². The predicted molar refractivity (Wildman–Crippen MR) is 242 cm³/mol. The average molecular weight is 771 g/mol. The highest BCUT2D eigenvalue weighted by atomic mass is 32.1. The van der Waals surface area contributed by atoms with Crippen molar-refractivity contribution in [2.24, 2.45) is 0 Å². The van der Waals surface area contributed by atoms with E-state index in [2.05, 4.69) is 124 Å². The van der Waals surface area contributed by atoms with Gasteiger partial charge in [0.2, 0.25) is 0 Å². The SMILES string of the molecule is N#Cc1cc(-c2nc(-c3ccccc3)nc(-c3ccccc3)n2)ccc1-n1c2ccccc2c2c3sc4ccccc4c3c3c4ccccc4n(-c4ccccc4)c3c21. The van der Waals surface area contributed by atoms with Crippen LogP contribution in [0.4, 0.5) is 0 Å². The summed E-state index contributed by atoms with van der Waals surface area (Å²) in [4.78, 5) is 14.9. The lowest BCUT2D eigenvalue weighted by Gasteiger charge is -2.15. The highest BCUT2D eigenvalue weighted by Crippen LogP contribution is 2.51. The van der Waals surface area contributed by atoms with E-state index in [1.54, 1.807) is 0 Å². The van der Waals surface area contributed by atoms with E-state index in [4.69, 9.17) is 15.0 Å². The Hall–Kier alpha value is -7.92. The molecule has 0 amide bonds. The van der Waals surface area contributed by atoms with Gasteiger partial charge in [-0.1, -0.05) is 133 Å². The van der Waals surface area contributed by atoms with E-state index in [9.17, 15) is 5.26 Å². The zero-order chi connectivity index (χ0) is 39.0. The van der Waals surface area contributed by atoms with Crippen LogP contribution in [0.25, 0.3) is 109 Å². The number of fused-ring (bicyclic) bond motifs is 12. The first-order chi connectivity index (χ1) is 29.2. The largest absolute Gasteiger partial charge is 0.307 e. The summed E-state index contributed by atoms with van der Waals surface area (Å²) >= 11 is 1.84. The molecule has 0 aliphatic carbocycles. The monoisotopic (exact) mass is 770 g/mol. The fraction of sp³-hybridized carbons (Fsp3) is 0. The van der Waals surface area contributed by atoms with E-state index >= 15 is 0 Å². The summed E-state index contributed by atoms with van der Waals surface area (Å²) in [6.07, 6.45) is 0. The van der Waals surface area contributed by atoms with E-state index in [1.165, 1.54) is 36.3 Å². The average Bonchev–Trinajstić information content (AvgIpc) is 3.97. The van der Waals surface area contributed by atoms with Gasteiger partial charge >= 0.3 is 0 Å². The van der Waals surface area contributed by atoms with Crippen LogP contribution in [0.15, 0.2) is 182 Å². The van der Waals surface area contributed by atoms with Crippen LogP contribution >= 0.6 is 11.3 Å². The number of para-hydroxylation sites is 3. The highest BCUT2D eigenvalue weighted by molar-refractivity contribution is 7.27. The van der Waals surface area contributed by atoms with Crippen molar-refractivity contribution in [3.8, 4) is 51.6 Å². The van der Waals surface area contributed by atoms with E-state index in [-0.39, 0.29) is 0 Å². The first-order valence-corrected chi connectivity index (χ1v) is 20.3. The summed E-state index contributed by atoms with van der Waals surface area (Å²) in [7, 11) is 0. The van der Waals surface area contributed by atoms with Crippen LogP contribution in [0.5, 0.6) is 0 Å². The van der Waals surface area contributed by atoms with Crippen molar-refractivity contribution >= 4 is 75.1 Å². The zero-order valence-corrected chi connectivity index (χ0v) is 32.2. The fourth-order valence-corrected chi connectivity index (χ4v) is 10.1. The molecule has 8 aromatic carbocycles. The minimum Gasteiger partial charge on any atom is -0.307 e. The molecule has 0 unspecified atom stereocenters. The molecule has 0 aliphatic rings. The van der Waals surface area contributed by atoms with Crippen molar-refractivity contribution in [1.82, 2.24) is 24.1 Å². The van der Waals surface area contributed by atoms with E-state index < -0.39 is 0 Å². The molecular weight excluding hydrogens is 741 g/mol. The molecule has 0 saturated carbocycles. The van der Waals surface area contributed by atoms with Crippen molar-refractivity contribution in [1.29, 1.82) is 5.26 Å². The predicted octanol–water partition coefficient (Wildman–Crippen LogP) is 13.3. The summed E-state index contributed by atoms with van der Waals surface area (Å²) in [5.41, 5.74) is 9.21. The van der Waals surface area contributed by atoms with Crippen LogP contribution in [0.1, 0.15) is 5.56 Å². The second-order valence-electron chi connectivity index (χ2n) is 14.7. The molecule has 0 saturated heterocycles. The minimum atomic E-state index is 0.501. The molecule has 6 nitrogen and oxygen atoms in total. The third kappa shape index (κ3) is 5.01. The van der Waals surface area contributed by atoms with E-state index in [0.29, 0.717) is 23.0 Å². The van der Waals surface area contributed by atoms with Gasteiger partial charge in [-0.05, 0) is 48.5 Å². The van der Waals surface area contributed by atoms with Gasteiger partial charge in [0.1, 0.15) is 6.07 Å². The molecule has 0 aliphatic heterocycles. The van der Waals surface area contributed by atoms with Crippen LogP contribution in [0.2, 0.25) is 0 Å². The lowest BCUT2D eigenvalue weighted by Crippen LogP contribution is -2.03. The Bertz CT molecular complexity index is 3610. The van der Waals surface area contributed by atoms with Crippen LogP contribution < -0.4 is 0 Å². The number of thiophene rings is 1. The van der Waals surface area contributed by atoms with Crippen molar-refractivity contribution in [3.05, 3.63) is 188 Å². The maximum Gasteiger partial charge on any atom is 0.164 e. The molecule has 274 valence electrons. The first-order valence-electron chi connectivity index (χ1n) is 19.5. The Kier molecular flexibility index (Phi) is 7.36. The molecule has 0 atom stereocenters. The number of benzene rings is 8. The molecule has 12 rings (SSSR count). The molecule has 0 bridgehead atoms. The summed E-state index contributed by atoms with van der Waals surface area (Å²) < 4.78 is 7.21. The molecule has 7 heteroatoms. The number of hydrogen-bond acceptors (Lipinski definition) is 5. The normalized spacial score (nSPS) is 11.7. The number of rotatable bonds is 5. The summed E-state index contributed by atoms with van der Waals surface area (Å²) in [6, 6.07) is 65.2. The summed E-state index contributed by atoms with van der Waals surface area (Å²) in [5, 5.41) is 18.3. The lowest BCUT2D eigenvalue weighted by atomic mass is 10.0. The maximum absolute atomic E-state index is 11.1. The molecule has 0 fully saturated rings. The van der Waals surface area contributed by atoms with Crippen LogP contribution in [-0.2, 0) is 0 Å². The Morgan fingerprint density at radius 1 is 0.441 bits per heavy atom. The van der Waals surface area contributed by atoms with Crippen molar-refractivity contribution in [2.75, 3.05) is 0 Å². The van der Waals surface area contributed by atoms with Gasteiger partial charge in [-0.3, -0.25) is 0 Å². The van der Waals surface area contributed by atoms with Crippen molar-refractivity contribution in [2.45, 2.75) is 0 Å². The van der Waals surface area contributed by atoms with Gasteiger partial charge in [-0.2, -0.15) is 5.26 Å². The molecule has 4 aromatic heterocycles.